The average molecular weight is 390 g/mol. The molecule has 0 radical (unpaired) electrons. The molecular weight excluding hydrogens is 372 g/mol. The van der Waals surface area contributed by atoms with Crippen LogP contribution in [0.2, 0.25) is 0 Å². The van der Waals surface area contributed by atoms with E-state index >= 15 is 0 Å². The van der Waals surface area contributed by atoms with Crippen LogP contribution in [0.25, 0.3) is 0 Å². The summed E-state index contributed by atoms with van der Waals surface area (Å²) >= 11 is 0. The van der Waals surface area contributed by atoms with Crippen LogP contribution >= 0.6 is 0 Å². The zero-order valence-electron chi connectivity index (χ0n) is 15.6. The first-order valence-corrected chi connectivity index (χ1v) is 8.98. The molecule has 2 aromatic carbocycles. The van der Waals surface area contributed by atoms with E-state index in [0.29, 0.717) is 23.6 Å². The fourth-order valence-electron chi connectivity index (χ4n) is 2.81. The number of para-hydroxylation sites is 1. The highest BCUT2D eigenvalue weighted by atomic mass is 16.7. The van der Waals surface area contributed by atoms with Gasteiger partial charge in [-0.2, -0.15) is 0 Å². The maximum atomic E-state index is 11.6. The summed E-state index contributed by atoms with van der Waals surface area (Å²) in [6, 6.07) is 18.8. The van der Waals surface area contributed by atoms with E-state index < -0.39 is 5.97 Å². The van der Waals surface area contributed by atoms with Crippen molar-refractivity contribution in [1.29, 1.82) is 0 Å². The standard InChI is InChI=1S/C22H18N2O5/c1-26-22(25)16-11-19(14-23-13-16)28-21-12-20(29-24-21)15-7-9-18(10-8-15)27-17-5-3-2-4-6-17/h2-11,13-14,20H,12H2,1H3/t20-/m1/s1. The highest BCUT2D eigenvalue weighted by molar-refractivity contribution is 5.89. The van der Waals surface area contributed by atoms with Crippen LogP contribution in [0.15, 0.2) is 78.2 Å². The van der Waals surface area contributed by atoms with Crippen molar-refractivity contribution in [1.82, 2.24) is 4.98 Å². The zero-order valence-corrected chi connectivity index (χ0v) is 15.6. The van der Waals surface area contributed by atoms with E-state index in [1.54, 1.807) is 6.07 Å². The number of pyridine rings is 1. The summed E-state index contributed by atoms with van der Waals surface area (Å²) in [5, 5.41) is 3.99. The molecule has 0 aliphatic carbocycles. The van der Waals surface area contributed by atoms with Crippen LogP contribution in [-0.4, -0.2) is 24.0 Å². The number of oxime groups is 1. The molecule has 2 heterocycles. The Balaban J connectivity index is 1.36. The first-order valence-electron chi connectivity index (χ1n) is 8.98. The minimum Gasteiger partial charge on any atom is -0.465 e. The quantitative estimate of drug-likeness (QED) is 0.596. The third kappa shape index (κ3) is 4.52. The van der Waals surface area contributed by atoms with Gasteiger partial charge >= 0.3 is 5.97 Å². The van der Waals surface area contributed by atoms with Gasteiger partial charge in [0.15, 0.2) is 6.10 Å². The molecule has 7 heteroatoms. The van der Waals surface area contributed by atoms with Crippen LogP contribution < -0.4 is 9.47 Å². The van der Waals surface area contributed by atoms with E-state index in [9.17, 15) is 4.79 Å². The monoisotopic (exact) mass is 390 g/mol. The molecule has 0 spiro atoms. The highest BCUT2D eigenvalue weighted by Crippen LogP contribution is 2.30. The second kappa shape index (κ2) is 8.43. The number of rotatable bonds is 5. The van der Waals surface area contributed by atoms with Gasteiger partial charge in [-0.25, -0.2) is 4.79 Å². The van der Waals surface area contributed by atoms with Crippen LogP contribution in [0.4, 0.5) is 0 Å². The number of hydrogen-bond acceptors (Lipinski definition) is 7. The Kier molecular flexibility index (Phi) is 5.38. The number of esters is 1. The zero-order chi connectivity index (χ0) is 20.1. The molecule has 0 amide bonds. The Morgan fingerprint density at radius 1 is 0.966 bits per heavy atom. The third-order valence-corrected chi connectivity index (χ3v) is 4.24. The number of aromatic nitrogens is 1. The van der Waals surface area contributed by atoms with Crippen molar-refractivity contribution < 1.29 is 23.8 Å². The van der Waals surface area contributed by atoms with Crippen molar-refractivity contribution in [3.05, 3.63) is 84.2 Å². The van der Waals surface area contributed by atoms with Gasteiger partial charge in [0.1, 0.15) is 17.2 Å². The predicted octanol–water partition coefficient (Wildman–Crippen LogP) is 4.51. The summed E-state index contributed by atoms with van der Waals surface area (Å²) in [6.45, 7) is 0. The van der Waals surface area contributed by atoms with Crippen molar-refractivity contribution in [2.45, 2.75) is 12.5 Å². The van der Waals surface area contributed by atoms with Gasteiger partial charge < -0.3 is 19.0 Å². The van der Waals surface area contributed by atoms with Crippen LogP contribution in [0, 0.1) is 0 Å². The van der Waals surface area contributed by atoms with E-state index in [1.165, 1.54) is 19.5 Å². The third-order valence-electron chi connectivity index (χ3n) is 4.24. The lowest BCUT2D eigenvalue weighted by molar-refractivity contribution is 0.0600. The van der Waals surface area contributed by atoms with E-state index in [0.717, 1.165) is 17.1 Å². The minimum absolute atomic E-state index is 0.257. The summed E-state index contributed by atoms with van der Waals surface area (Å²) in [6.07, 6.45) is 3.11. The minimum atomic E-state index is -0.483. The second-order valence-electron chi connectivity index (χ2n) is 6.27. The summed E-state index contributed by atoms with van der Waals surface area (Å²) in [5.74, 6) is 1.83. The summed E-state index contributed by atoms with van der Waals surface area (Å²) in [7, 11) is 1.31. The van der Waals surface area contributed by atoms with Gasteiger partial charge in [0, 0.05) is 6.20 Å². The topological polar surface area (TPSA) is 79.2 Å². The lowest BCUT2D eigenvalue weighted by Crippen LogP contribution is -2.09. The molecule has 0 fully saturated rings. The van der Waals surface area contributed by atoms with E-state index in [-0.39, 0.29) is 6.10 Å². The smallest absolute Gasteiger partial charge is 0.339 e. The Morgan fingerprint density at radius 2 is 1.72 bits per heavy atom. The molecule has 3 aromatic rings. The maximum Gasteiger partial charge on any atom is 0.339 e. The summed E-state index contributed by atoms with van der Waals surface area (Å²) < 4.78 is 16.2. The molecule has 4 rings (SSSR count). The lowest BCUT2D eigenvalue weighted by atomic mass is 10.1. The number of benzene rings is 2. The van der Waals surface area contributed by atoms with E-state index in [2.05, 4.69) is 14.9 Å². The Labute approximate surface area is 167 Å². The fraction of sp³-hybridized carbons (Fsp3) is 0.136. The first kappa shape index (κ1) is 18.5. The number of ether oxygens (including phenoxy) is 3. The molecule has 0 bridgehead atoms. The average Bonchev–Trinajstić information content (AvgIpc) is 3.23. The predicted molar refractivity (Wildman–Crippen MR) is 105 cm³/mol. The van der Waals surface area contributed by atoms with Crippen molar-refractivity contribution in [3.63, 3.8) is 0 Å². The molecule has 1 aliphatic heterocycles. The van der Waals surface area contributed by atoms with Gasteiger partial charge in [-0.3, -0.25) is 4.98 Å². The molecule has 0 saturated carbocycles. The SMILES string of the molecule is COC(=O)c1cncc(OC2=NO[C@@H](c3ccc(Oc4ccccc4)cc3)C2)c1. The van der Waals surface area contributed by atoms with Crippen LogP contribution in [-0.2, 0) is 9.57 Å². The number of carbonyl (C=O) groups excluding carboxylic acids is 1. The van der Waals surface area contributed by atoms with Crippen molar-refractivity contribution >= 4 is 11.9 Å². The molecule has 146 valence electrons. The molecule has 0 saturated heterocycles. The highest BCUT2D eigenvalue weighted by Gasteiger charge is 2.25. The van der Waals surface area contributed by atoms with Gasteiger partial charge in [-0.05, 0) is 35.9 Å². The Bertz CT molecular complexity index is 1020. The van der Waals surface area contributed by atoms with Crippen molar-refractivity contribution in [2.24, 2.45) is 5.16 Å². The number of methoxy groups -OCH3 is 1. The molecule has 0 N–H and O–H groups in total. The summed E-state index contributed by atoms with van der Waals surface area (Å²) in [4.78, 5) is 21.1. The molecular formula is C22H18N2O5. The normalized spacial score (nSPS) is 15.2. The van der Waals surface area contributed by atoms with Gasteiger partial charge in [-0.1, -0.05) is 35.5 Å². The van der Waals surface area contributed by atoms with Gasteiger partial charge in [-0.15, -0.1) is 0 Å². The second-order valence-corrected chi connectivity index (χ2v) is 6.27. The Morgan fingerprint density at radius 3 is 2.48 bits per heavy atom. The summed E-state index contributed by atoms with van der Waals surface area (Å²) in [5.41, 5.74) is 1.25. The number of carbonyl (C=O) groups is 1. The first-order chi connectivity index (χ1) is 14.2. The molecule has 29 heavy (non-hydrogen) atoms. The molecule has 0 unspecified atom stereocenters. The van der Waals surface area contributed by atoms with Crippen LogP contribution in [0.3, 0.4) is 0 Å². The number of hydrogen-bond donors (Lipinski definition) is 0. The molecule has 7 nitrogen and oxygen atoms in total. The molecule has 1 atom stereocenters. The van der Waals surface area contributed by atoms with Crippen molar-refractivity contribution in [3.8, 4) is 17.2 Å². The van der Waals surface area contributed by atoms with Gasteiger partial charge in [0.2, 0.25) is 5.90 Å². The van der Waals surface area contributed by atoms with Gasteiger partial charge in [0.05, 0.1) is 25.3 Å². The lowest BCUT2D eigenvalue weighted by Gasteiger charge is -2.10. The maximum absolute atomic E-state index is 11.6. The molecule has 1 aliphatic rings. The van der Waals surface area contributed by atoms with E-state index in [4.69, 9.17) is 14.3 Å². The van der Waals surface area contributed by atoms with Crippen LogP contribution in [0.1, 0.15) is 28.4 Å². The van der Waals surface area contributed by atoms with Crippen molar-refractivity contribution in [2.75, 3.05) is 7.11 Å². The largest absolute Gasteiger partial charge is 0.465 e. The number of nitrogens with zero attached hydrogens (tertiary/aromatic N) is 2. The van der Waals surface area contributed by atoms with Gasteiger partial charge in [0.25, 0.3) is 0 Å². The van der Waals surface area contributed by atoms with E-state index in [1.807, 2.05) is 54.6 Å². The van der Waals surface area contributed by atoms with Crippen LogP contribution in [0.5, 0.6) is 17.2 Å². The molecule has 1 aromatic heterocycles. The fourth-order valence-corrected chi connectivity index (χ4v) is 2.81. The Hall–Kier alpha value is -3.87.